The quantitative estimate of drug-likeness (QED) is 0.800. The summed E-state index contributed by atoms with van der Waals surface area (Å²) in [7, 11) is 0. The van der Waals surface area contributed by atoms with E-state index in [4.69, 9.17) is 4.52 Å². The summed E-state index contributed by atoms with van der Waals surface area (Å²) in [5.41, 5.74) is -0.206. The molecule has 0 radical (unpaired) electrons. The second kappa shape index (κ2) is 8.28. The van der Waals surface area contributed by atoms with E-state index < -0.39 is 5.92 Å². The molecule has 1 aliphatic carbocycles. The number of nitrogens with one attached hydrogen (secondary N) is 1. The zero-order chi connectivity index (χ0) is 21.2. The zero-order valence-electron chi connectivity index (χ0n) is 17.3. The second-order valence-corrected chi connectivity index (χ2v) is 9.05. The van der Waals surface area contributed by atoms with Crippen LogP contribution < -0.4 is 5.32 Å². The van der Waals surface area contributed by atoms with Gasteiger partial charge in [0.2, 0.25) is 11.8 Å². The van der Waals surface area contributed by atoms with E-state index in [1.165, 1.54) is 0 Å². The summed E-state index contributed by atoms with van der Waals surface area (Å²) in [6.45, 7) is 7.83. The van der Waals surface area contributed by atoms with Gasteiger partial charge in [-0.1, -0.05) is 25.9 Å². The smallest absolute Gasteiger partial charge is 0.323 e. The number of alkyl halides is 2. The lowest BCUT2D eigenvalue weighted by molar-refractivity contribution is -0.139. The number of hydrogen-bond acceptors (Lipinski definition) is 4. The molecule has 7 nitrogen and oxygen atoms in total. The minimum absolute atomic E-state index is 0.0610. The third-order valence-corrected chi connectivity index (χ3v) is 5.65. The van der Waals surface area contributed by atoms with Gasteiger partial charge in [-0.3, -0.25) is 10.1 Å². The van der Waals surface area contributed by atoms with Crippen LogP contribution in [0, 0.1) is 5.92 Å². The van der Waals surface area contributed by atoms with E-state index >= 15 is 0 Å². The summed E-state index contributed by atoms with van der Waals surface area (Å²) in [6, 6.07) is 1.43. The van der Waals surface area contributed by atoms with Gasteiger partial charge in [0.25, 0.3) is 0 Å². The van der Waals surface area contributed by atoms with Crippen molar-refractivity contribution in [2.24, 2.45) is 5.92 Å². The Kier molecular flexibility index (Phi) is 6.14. The molecule has 3 amide bonds. The monoisotopic (exact) mass is 412 g/mol. The predicted octanol–water partition coefficient (Wildman–Crippen LogP) is 3.86. The van der Waals surface area contributed by atoms with Crippen LogP contribution in [-0.4, -0.2) is 59.0 Å². The van der Waals surface area contributed by atoms with Crippen molar-refractivity contribution in [2.75, 3.05) is 31.5 Å². The highest BCUT2D eigenvalue weighted by molar-refractivity contribution is 5.88. The molecule has 9 heteroatoms. The average Bonchev–Trinajstić information content (AvgIpc) is 2.97. The standard InChI is InChI=1S/C20H30F2N4O3/c1-19(2,3)15-13-16(24-29-15)23-18(28)26-10-4-9-25(11-12-26)17(27)14-5-7-20(21,22)8-6-14/h13-14H,4-12H2,1-3H3,(H,23,24,28). The van der Waals surface area contributed by atoms with Crippen LogP contribution in [0.1, 0.15) is 58.6 Å². The SMILES string of the molecule is CC(C)(C)c1cc(NC(=O)N2CCCN(C(=O)C3CCC(F)(F)CC3)CC2)no1. The molecule has 0 aromatic carbocycles. The van der Waals surface area contributed by atoms with Gasteiger partial charge in [-0.05, 0) is 19.3 Å². The Hall–Kier alpha value is -2.19. The molecule has 1 N–H and O–H groups in total. The molecule has 1 saturated heterocycles. The fraction of sp³-hybridized carbons (Fsp3) is 0.750. The van der Waals surface area contributed by atoms with Crippen LogP contribution in [-0.2, 0) is 10.2 Å². The lowest BCUT2D eigenvalue weighted by Gasteiger charge is -2.31. The van der Waals surface area contributed by atoms with Crippen molar-refractivity contribution in [2.45, 2.75) is 64.2 Å². The molecule has 0 atom stereocenters. The number of carbonyl (C=O) groups is 2. The molecule has 0 unspecified atom stereocenters. The maximum absolute atomic E-state index is 13.3. The van der Waals surface area contributed by atoms with Crippen LogP contribution >= 0.6 is 0 Å². The van der Waals surface area contributed by atoms with Crippen molar-refractivity contribution in [3.63, 3.8) is 0 Å². The topological polar surface area (TPSA) is 78.7 Å². The van der Waals surface area contributed by atoms with E-state index in [-0.39, 0.29) is 49.0 Å². The first-order chi connectivity index (χ1) is 13.5. The molecule has 2 fully saturated rings. The third kappa shape index (κ3) is 5.45. The van der Waals surface area contributed by atoms with Gasteiger partial charge < -0.3 is 14.3 Å². The fourth-order valence-corrected chi connectivity index (χ4v) is 3.76. The summed E-state index contributed by atoms with van der Waals surface area (Å²) >= 11 is 0. The highest BCUT2D eigenvalue weighted by atomic mass is 19.3. The average molecular weight is 412 g/mol. The van der Waals surface area contributed by atoms with E-state index in [9.17, 15) is 18.4 Å². The van der Waals surface area contributed by atoms with Gasteiger partial charge >= 0.3 is 6.03 Å². The molecule has 0 bridgehead atoms. The maximum Gasteiger partial charge on any atom is 0.323 e. The van der Waals surface area contributed by atoms with E-state index in [1.807, 2.05) is 20.8 Å². The molecular formula is C20H30F2N4O3. The van der Waals surface area contributed by atoms with Crippen molar-refractivity contribution in [3.05, 3.63) is 11.8 Å². The normalized spacial score (nSPS) is 21.0. The van der Waals surface area contributed by atoms with Crippen LogP contribution in [0.25, 0.3) is 0 Å². The van der Waals surface area contributed by atoms with Gasteiger partial charge in [-0.15, -0.1) is 0 Å². The number of anilines is 1. The van der Waals surface area contributed by atoms with Gasteiger partial charge in [0.15, 0.2) is 5.82 Å². The number of aromatic nitrogens is 1. The summed E-state index contributed by atoms with van der Waals surface area (Å²) in [4.78, 5) is 28.7. The maximum atomic E-state index is 13.3. The number of nitrogens with zero attached hydrogens (tertiary/aromatic N) is 3. The Morgan fingerprint density at radius 2 is 1.76 bits per heavy atom. The van der Waals surface area contributed by atoms with Crippen molar-refractivity contribution in [1.82, 2.24) is 15.0 Å². The largest absolute Gasteiger partial charge is 0.359 e. The predicted molar refractivity (Wildman–Crippen MR) is 104 cm³/mol. The zero-order valence-corrected chi connectivity index (χ0v) is 17.3. The number of urea groups is 1. The highest BCUT2D eigenvalue weighted by Crippen LogP contribution is 2.37. The molecule has 3 rings (SSSR count). The Balaban J connectivity index is 1.52. The van der Waals surface area contributed by atoms with Crippen molar-refractivity contribution in [3.8, 4) is 0 Å². The summed E-state index contributed by atoms with van der Waals surface area (Å²) in [5, 5.41) is 6.64. The van der Waals surface area contributed by atoms with Gasteiger partial charge in [-0.2, -0.15) is 0 Å². The molecule has 162 valence electrons. The molecule has 1 saturated carbocycles. The van der Waals surface area contributed by atoms with Gasteiger partial charge in [0.1, 0.15) is 5.76 Å². The lowest BCUT2D eigenvalue weighted by atomic mass is 9.86. The number of hydrogen-bond donors (Lipinski definition) is 1. The molecular weight excluding hydrogens is 382 g/mol. The van der Waals surface area contributed by atoms with Crippen molar-refractivity contribution >= 4 is 17.8 Å². The number of carbonyl (C=O) groups excluding carboxylic acids is 2. The molecule has 1 aromatic rings. The Morgan fingerprint density at radius 1 is 1.14 bits per heavy atom. The van der Waals surface area contributed by atoms with Crippen LogP contribution in [0.15, 0.2) is 10.6 Å². The fourth-order valence-electron chi connectivity index (χ4n) is 3.76. The Morgan fingerprint density at radius 3 is 2.38 bits per heavy atom. The number of rotatable bonds is 2. The van der Waals surface area contributed by atoms with Gasteiger partial charge in [-0.25, -0.2) is 13.6 Å². The summed E-state index contributed by atoms with van der Waals surface area (Å²) in [5.74, 6) is -1.99. The number of halogens is 2. The van der Waals surface area contributed by atoms with E-state index in [2.05, 4.69) is 10.5 Å². The van der Waals surface area contributed by atoms with E-state index in [0.717, 1.165) is 0 Å². The molecule has 29 heavy (non-hydrogen) atoms. The minimum atomic E-state index is -2.64. The van der Waals surface area contributed by atoms with Crippen LogP contribution in [0.2, 0.25) is 0 Å². The lowest BCUT2D eigenvalue weighted by Crippen LogP contribution is -2.42. The number of amides is 3. The first-order valence-electron chi connectivity index (χ1n) is 10.2. The minimum Gasteiger partial charge on any atom is -0.359 e. The van der Waals surface area contributed by atoms with Crippen LogP contribution in [0.4, 0.5) is 19.4 Å². The molecule has 2 aliphatic rings. The van der Waals surface area contributed by atoms with Crippen molar-refractivity contribution in [1.29, 1.82) is 0 Å². The Labute approximate surface area is 169 Å². The summed E-state index contributed by atoms with van der Waals surface area (Å²) in [6.07, 6.45) is 0.664. The highest BCUT2D eigenvalue weighted by Gasteiger charge is 2.39. The molecule has 2 heterocycles. The second-order valence-electron chi connectivity index (χ2n) is 9.05. The third-order valence-electron chi connectivity index (χ3n) is 5.65. The van der Waals surface area contributed by atoms with Crippen LogP contribution in [0.3, 0.4) is 0 Å². The Bertz CT molecular complexity index is 734. The summed E-state index contributed by atoms with van der Waals surface area (Å²) < 4.78 is 32.0. The van der Waals surface area contributed by atoms with E-state index in [0.29, 0.717) is 44.2 Å². The van der Waals surface area contributed by atoms with Gasteiger partial charge in [0.05, 0.1) is 0 Å². The molecule has 0 spiro atoms. The van der Waals surface area contributed by atoms with E-state index in [1.54, 1.807) is 15.9 Å². The van der Waals surface area contributed by atoms with Crippen LogP contribution in [0.5, 0.6) is 0 Å². The van der Waals surface area contributed by atoms with Crippen molar-refractivity contribution < 1.29 is 22.9 Å². The van der Waals surface area contributed by atoms with Gasteiger partial charge in [0, 0.05) is 56.4 Å². The first-order valence-corrected chi connectivity index (χ1v) is 10.2. The molecule has 1 aliphatic heterocycles. The first kappa shape index (κ1) is 21.5. The molecule has 1 aromatic heterocycles.